The molecule has 0 saturated carbocycles. The summed E-state index contributed by atoms with van der Waals surface area (Å²) in [6.45, 7) is 6.68. The summed E-state index contributed by atoms with van der Waals surface area (Å²) in [7, 11) is 0. The van der Waals surface area contributed by atoms with Crippen molar-refractivity contribution in [3.05, 3.63) is 52.6 Å². The van der Waals surface area contributed by atoms with E-state index in [0.717, 1.165) is 60.6 Å². The predicted octanol–water partition coefficient (Wildman–Crippen LogP) is 3.12. The Labute approximate surface area is 166 Å². The van der Waals surface area contributed by atoms with Crippen molar-refractivity contribution in [2.75, 3.05) is 13.1 Å². The average Bonchev–Trinajstić information content (AvgIpc) is 2.70. The van der Waals surface area contributed by atoms with E-state index in [0.29, 0.717) is 18.8 Å². The van der Waals surface area contributed by atoms with Crippen LogP contribution in [-0.4, -0.2) is 43.9 Å². The molecule has 6 nitrogen and oxygen atoms in total. The molecule has 1 aromatic heterocycles. The molecular weight excluding hydrogens is 352 g/mol. The lowest BCUT2D eigenvalue weighted by molar-refractivity contribution is -0.129. The SMILES string of the molecule is CC(=O)N1CCc2nc([C@H]3CCCCN3Cc3cc(C)ccc3O)ncc2C1. The van der Waals surface area contributed by atoms with Crippen LogP contribution >= 0.6 is 0 Å². The number of rotatable bonds is 3. The molecule has 1 amide bonds. The van der Waals surface area contributed by atoms with Gasteiger partial charge < -0.3 is 10.0 Å². The molecule has 1 N–H and O–H groups in total. The van der Waals surface area contributed by atoms with Gasteiger partial charge in [0, 0.05) is 50.3 Å². The summed E-state index contributed by atoms with van der Waals surface area (Å²) in [5.41, 5.74) is 4.25. The molecule has 2 aliphatic rings. The fourth-order valence-electron chi connectivity index (χ4n) is 4.29. The van der Waals surface area contributed by atoms with Crippen molar-refractivity contribution in [1.29, 1.82) is 0 Å². The number of nitrogens with zero attached hydrogens (tertiary/aromatic N) is 4. The molecule has 148 valence electrons. The number of aromatic nitrogens is 2. The maximum atomic E-state index is 11.6. The number of likely N-dealkylation sites (tertiary alicyclic amines) is 1. The number of carbonyl (C=O) groups is 1. The van der Waals surface area contributed by atoms with E-state index in [4.69, 9.17) is 4.98 Å². The highest BCUT2D eigenvalue weighted by atomic mass is 16.3. The molecule has 0 unspecified atom stereocenters. The largest absolute Gasteiger partial charge is 0.508 e. The number of hydrogen-bond acceptors (Lipinski definition) is 5. The van der Waals surface area contributed by atoms with Gasteiger partial charge in [-0.3, -0.25) is 9.69 Å². The van der Waals surface area contributed by atoms with Crippen molar-refractivity contribution in [1.82, 2.24) is 19.8 Å². The molecule has 0 spiro atoms. The van der Waals surface area contributed by atoms with Gasteiger partial charge in [0.2, 0.25) is 5.91 Å². The first-order chi connectivity index (χ1) is 13.5. The van der Waals surface area contributed by atoms with Crippen LogP contribution in [0.2, 0.25) is 0 Å². The minimum Gasteiger partial charge on any atom is -0.508 e. The Morgan fingerprint density at radius 1 is 1.29 bits per heavy atom. The number of aryl methyl sites for hydroxylation is 1. The first-order valence-electron chi connectivity index (χ1n) is 10.1. The summed E-state index contributed by atoms with van der Waals surface area (Å²) in [6, 6.07) is 5.94. The van der Waals surface area contributed by atoms with Crippen LogP contribution < -0.4 is 0 Å². The maximum absolute atomic E-state index is 11.6. The Balaban J connectivity index is 1.56. The normalized spacial score (nSPS) is 20.1. The number of hydrogen-bond donors (Lipinski definition) is 1. The number of carbonyl (C=O) groups excluding carboxylic acids is 1. The number of fused-ring (bicyclic) bond motifs is 1. The van der Waals surface area contributed by atoms with Crippen molar-refractivity contribution >= 4 is 5.91 Å². The molecule has 1 saturated heterocycles. The fourth-order valence-corrected chi connectivity index (χ4v) is 4.29. The van der Waals surface area contributed by atoms with Gasteiger partial charge in [0.05, 0.1) is 11.7 Å². The highest BCUT2D eigenvalue weighted by Crippen LogP contribution is 2.32. The van der Waals surface area contributed by atoms with E-state index in [1.54, 1.807) is 13.0 Å². The number of phenols is 1. The summed E-state index contributed by atoms with van der Waals surface area (Å²) in [5, 5.41) is 10.3. The molecule has 3 heterocycles. The van der Waals surface area contributed by atoms with E-state index in [1.165, 1.54) is 6.42 Å². The van der Waals surface area contributed by atoms with Crippen molar-refractivity contribution in [3.8, 4) is 5.75 Å². The lowest BCUT2D eigenvalue weighted by Gasteiger charge is -2.35. The molecule has 1 fully saturated rings. The zero-order chi connectivity index (χ0) is 19.7. The second-order valence-corrected chi connectivity index (χ2v) is 8.00. The number of benzene rings is 1. The standard InChI is InChI=1S/C22H28N4O2/c1-15-6-7-21(28)17(11-15)13-26-9-4-3-5-20(26)22-23-12-18-14-25(16(2)27)10-8-19(18)24-22/h6-7,11-12,20,28H,3-5,8-10,13-14H2,1-2H3/t20-/m1/s1. The highest BCUT2D eigenvalue weighted by molar-refractivity contribution is 5.73. The Morgan fingerprint density at radius 3 is 2.96 bits per heavy atom. The van der Waals surface area contributed by atoms with Gasteiger partial charge in [-0.05, 0) is 32.4 Å². The summed E-state index contributed by atoms with van der Waals surface area (Å²) < 4.78 is 0. The number of phenolic OH excluding ortho intramolecular Hbond substituents is 1. The molecule has 0 aliphatic carbocycles. The monoisotopic (exact) mass is 380 g/mol. The molecule has 0 radical (unpaired) electrons. The molecule has 4 rings (SSSR count). The third-order valence-corrected chi connectivity index (χ3v) is 5.92. The van der Waals surface area contributed by atoms with E-state index in [-0.39, 0.29) is 11.9 Å². The molecule has 2 aliphatic heterocycles. The zero-order valence-corrected chi connectivity index (χ0v) is 16.7. The Bertz CT molecular complexity index is 883. The maximum Gasteiger partial charge on any atom is 0.219 e. The van der Waals surface area contributed by atoms with E-state index < -0.39 is 0 Å². The Morgan fingerprint density at radius 2 is 2.14 bits per heavy atom. The molecule has 1 atom stereocenters. The van der Waals surface area contributed by atoms with Gasteiger partial charge in [-0.1, -0.05) is 24.1 Å². The molecule has 1 aromatic carbocycles. The van der Waals surface area contributed by atoms with Crippen LogP contribution in [0.1, 0.15) is 60.4 Å². The topological polar surface area (TPSA) is 69.6 Å². The smallest absolute Gasteiger partial charge is 0.219 e. The van der Waals surface area contributed by atoms with Gasteiger partial charge in [0.25, 0.3) is 0 Å². The summed E-state index contributed by atoms with van der Waals surface area (Å²) in [6.07, 6.45) is 6.05. The number of amides is 1. The molecule has 2 aromatic rings. The summed E-state index contributed by atoms with van der Waals surface area (Å²) in [4.78, 5) is 25.5. The van der Waals surface area contributed by atoms with Gasteiger partial charge in [0.1, 0.15) is 11.6 Å². The van der Waals surface area contributed by atoms with Gasteiger partial charge in [-0.15, -0.1) is 0 Å². The zero-order valence-electron chi connectivity index (χ0n) is 16.7. The van der Waals surface area contributed by atoms with Crippen LogP contribution in [0.25, 0.3) is 0 Å². The Hall–Kier alpha value is -2.47. The van der Waals surface area contributed by atoms with Crippen molar-refractivity contribution in [3.63, 3.8) is 0 Å². The van der Waals surface area contributed by atoms with E-state index >= 15 is 0 Å². The van der Waals surface area contributed by atoms with Crippen molar-refractivity contribution in [2.24, 2.45) is 0 Å². The lowest BCUT2D eigenvalue weighted by atomic mass is 9.99. The van der Waals surface area contributed by atoms with Gasteiger partial charge in [0.15, 0.2) is 0 Å². The second-order valence-electron chi connectivity index (χ2n) is 8.00. The summed E-state index contributed by atoms with van der Waals surface area (Å²) in [5.74, 6) is 1.33. The van der Waals surface area contributed by atoms with Crippen LogP contribution in [0, 0.1) is 6.92 Å². The first kappa shape index (κ1) is 18.9. The van der Waals surface area contributed by atoms with E-state index in [9.17, 15) is 9.90 Å². The highest BCUT2D eigenvalue weighted by Gasteiger charge is 2.28. The third kappa shape index (κ3) is 3.87. The second kappa shape index (κ2) is 7.87. The fraction of sp³-hybridized carbons (Fsp3) is 0.500. The average molecular weight is 380 g/mol. The van der Waals surface area contributed by atoms with Crippen LogP contribution in [0.15, 0.2) is 24.4 Å². The van der Waals surface area contributed by atoms with Gasteiger partial charge >= 0.3 is 0 Å². The van der Waals surface area contributed by atoms with Crippen molar-refractivity contribution < 1.29 is 9.90 Å². The van der Waals surface area contributed by atoms with E-state index in [1.807, 2.05) is 24.1 Å². The van der Waals surface area contributed by atoms with Gasteiger partial charge in [-0.2, -0.15) is 0 Å². The molecule has 0 bridgehead atoms. The van der Waals surface area contributed by atoms with Crippen LogP contribution in [-0.2, 0) is 24.3 Å². The van der Waals surface area contributed by atoms with Crippen LogP contribution in [0.3, 0.4) is 0 Å². The van der Waals surface area contributed by atoms with E-state index in [2.05, 4.69) is 16.0 Å². The Kier molecular flexibility index (Phi) is 5.31. The molecule has 6 heteroatoms. The molecule has 28 heavy (non-hydrogen) atoms. The quantitative estimate of drug-likeness (QED) is 0.886. The third-order valence-electron chi connectivity index (χ3n) is 5.92. The predicted molar refractivity (Wildman–Crippen MR) is 107 cm³/mol. The van der Waals surface area contributed by atoms with Crippen LogP contribution in [0.5, 0.6) is 5.75 Å². The number of aromatic hydroxyl groups is 1. The molecular formula is C22H28N4O2. The van der Waals surface area contributed by atoms with Crippen molar-refractivity contribution in [2.45, 2.75) is 58.7 Å². The summed E-state index contributed by atoms with van der Waals surface area (Å²) >= 11 is 0. The van der Waals surface area contributed by atoms with Gasteiger partial charge in [-0.25, -0.2) is 9.97 Å². The van der Waals surface area contributed by atoms with Crippen LogP contribution in [0.4, 0.5) is 0 Å². The first-order valence-corrected chi connectivity index (χ1v) is 10.1. The minimum atomic E-state index is 0.103. The number of piperidine rings is 1. The minimum absolute atomic E-state index is 0.103. The lowest BCUT2D eigenvalue weighted by Crippen LogP contribution is -2.36.